The van der Waals surface area contributed by atoms with Crippen molar-refractivity contribution in [2.75, 3.05) is 23.0 Å². The normalized spacial score (nSPS) is 22.2. The Kier molecular flexibility index (Phi) is 3.54. The first-order valence-electron chi connectivity index (χ1n) is 6.11. The second kappa shape index (κ2) is 4.85. The minimum absolute atomic E-state index is 0.0694. The van der Waals surface area contributed by atoms with Crippen LogP contribution in [-0.4, -0.2) is 43.6 Å². The molecule has 104 valence electrons. The van der Waals surface area contributed by atoms with Crippen molar-refractivity contribution in [2.24, 2.45) is 0 Å². The van der Waals surface area contributed by atoms with Crippen LogP contribution in [-0.2, 0) is 9.84 Å². The van der Waals surface area contributed by atoms with Gasteiger partial charge in [-0.25, -0.2) is 13.2 Å². The third-order valence-electron chi connectivity index (χ3n) is 3.36. The van der Waals surface area contributed by atoms with Crippen molar-refractivity contribution in [3.05, 3.63) is 29.3 Å². The summed E-state index contributed by atoms with van der Waals surface area (Å²) in [5, 5.41) is 9.26. The molecule has 1 aromatic rings. The van der Waals surface area contributed by atoms with E-state index in [1.54, 1.807) is 12.1 Å². The average molecular weight is 283 g/mol. The number of carbonyl (C=O) groups is 1. The van der Waals surface area contributed by atoms with Crippen molar-refractivity contribution >= 4 is 21.5 Å². The van der Waals surface area contributed by atoms with Gasteiger partial charge >= 0.3 is 5.97 Å². The summed E-state index contributed by atoms with van der Waals surface area (Å²) in [6.07, 6.45) is 0. The molecule has 0 radical (unpaired) electrons. The number of carboxylic acid groups (broad SMARTS) is 1. The van der Waals surface area contributed by atoms with Crippen LogP contribution in [0, 0.1) is 6.92 Å². The van der Waals surface area contributed by atoms with Crippen LogP contribution in [0.3, 0.4) is 0 Å². The Balaban J connectivity index is 2.40. The van der Waals surface area contributed by atoms with Crippen LogP contribution in [0.2, 0.25) is 0 Å². The van der Waals surface area contributed by atoms with Crippen molar-refractivity contribution in [2.45, 2.75) is 19.9 Å². The molecule has 5 nitrogen and oxygen atoms in total. The highest BCUT2D eigenvalue weighted by molar-refractivity contribution is 7.91. The maximum Gasteiger partial charge on any atom is 0.337 e. The molecule has 1 aromatic carbocycles. The number of anilines is 1. The number of rotatable bonds is 2. The number of aromatic carboxylic acids is 1. The highest BCUT2D eigenvalue weighted by Gasteiger charge is 2.30. The van der Waals surface area contributed by atoms with Gasteiger partial charge in [0.05, 0.1) is 22.8 Å². The monoisotopic (exact) mass is 283 g/mol. The summed E-state index contributed by atoms with van der Waals surface area (Å²) in [6, 6.07) is 5.01. The van der Waals surface area contributed by atoms with Gasteiger partial charge in [0.2, 0.25) is 0 Å². The van der Waals surface area contributed by atoms with Crippen molar-refractivity contribution in [3.63, 3.8) is 0 Å². The lowest BCUT2D eigenvalue weighted by molar-refractivity contribution is 0.0697. The van der Waals surface area contributed by atoms with Gasteiger partial charge in [-0.2, -0.15) is 0 Å². The van der Waals surface area contributed by atoms with Crippen LogP contribution < -0.4 is 4.90 Å². The first-order valence-corrected chi connectivity index (χ1v) is 7.93. The van der Waals surface area contributed by atoms with Crippen molar-refractivity contribution in [3.8, 4) is 0 Å². The molecule has 0 spiro atoms. The number of nitrogens with zero attached hydrogens (tertiary/aromatic N) is 1. The molecule has 1 aliphatic heterocycles. The SMILES string of the molecule is Cc1ccc(N2CCS(=O)(=O)CC2C)c(C(=O)O)c1. The second-order valence-electron chi connectivity index (χ2n) is 4.98. The average Bonchev–Trinajstić information content (AvgIpc) is 2.28. The number of hydrogen-bond donors (Lipinski definition) is 1. The van der Waals surface area contributed by atoms with Gasteiger partial charge in [-0.1, -0.05) is 11.6 Å². The molecule has 1 N–H and O–H groups in total. The Morgan fingerprint density at radius 3 is 2.68 bits per heavy atom. The molecule has 2 rings (SSSR count). The fourth-order valence-corrected chi connectivity index (χ4v) is 3.98. The number of carboxylic acids is 1. The molecule has 0 saturated carbocycles. The Hall–Kier alpha value is -1.56. The number of hydrogen-bond acceptors (Lipinski definition) is 4. The molecule has 0 aromatic heterocycles. The fraction of sp³-hybridized carbons (Fsp3) is 0.462. The number of aryl methyl sites for hydroxylation is 1. The van der Waals surface area contributed by atoms with Crippen molar-refractivity contribution < 1.29 is 18.3 Å². The van der Waals surface area contributed by atoms with Gasteiger partial charge in [-0.05, 0) is 26.0 Å². The molecule has 19 heavy (non-hydrogen) atoms. The topological polar surface area (TPSA) is 74.7 Å². The lowest BCUT2D eigenvalue weighted by Gasteiger charge is -2.35. The minimum Gasteiger partial charge on any atom is -0.478 e. The van der Waals surface area contributed by atoms with E-state index >= 15 is 0 Å². The highest BCUT2D eigenvalue weighted by atomic mass is 32.2. The van der Waals surface area contributed by atoms with E-state index in [1.807, 2.05) is 24.8 Å². The predicted molar refractivity (Wildman–Crippen MR) is 73.6 cm³/mol. The largest absolute Gasteiger partial charge is 0.478 e. The zero-order valence-corrected chi connectivity index (χ0v) is 11.8. The van der Waals surface area contributed by atoms with Crippen LogP contribution in [0.15, 0.2) is 18.2 Å². The summed E-state index contributed by atoms with van der Waals surface area (Å²) in [5.41, 5.74) is 1.70. The molecule has 0 bridgehead atoms. The van der Waals surface area contributed by atoms with Crippen LogP contribution in [0.4, 0.5) is 5.69 Å². The Labute approximate surface area is 112 Å². The smallest absolute Gasteiger partial charge is 0.337 e. The quantitative estimate of drug-likeness (QED) is 0.886. The zero-order valence-electron chi connectivity index (χ0n) is 11.0. The fourth-order valence-electron chi connectivity index (χ4n) is 2.43. The van der Waals surface area contributed by atoms with E-state index in [9.17, 15) is 18.3 Å². The molecule has 1 aliphatic rings. The van der Waals surface area contributed by atoms with E-state index in [1.165, 1.54) is 0 Å². The standard InChI is InChI=1S/C13H17NO4S/c1-9-3-4-12(11(7-9)13(15)16)14-5-6-19(17,18)8-10(14)2/h3-4,7,10H,5-6,8H2,1-2H3,(H,15,16). The molecule has 1 fully saturated rings. The summed E-state index contributed by atoms with van der Waals surface area (Å²) in [4.78, 5) is 13.2. The maximum atomic E-state index is 11.6. The van der Waals surface area contributed by atoms with Crippen LogP contribution >= 0.6 is 0 Å². The van der Waals surface area contributed by atoms with Gasteiger partial charge in [0.15, 0.2) is 9.84 Å². The summed E-state index contributed by atoms with van der Waals surface area (Å²) >= 11 is 0. The molecule has 0 aliphatic carbocycles. The van der Waals surface area contributed by atoms with Gasteiger partial charge < -0.3 is 10.0 Å². The molecular formula is C13H17NO4S. The minimum atomic E-state index is -3.00. The van der Waals surface area contributed by atoms with Gasteiger partial charge in [-0.15, -0.1) is 0 Å². The van der Waals surface area contributed by atoms with Crippen LogP contribution in [0.5, 0.6) is 0 Å². The van der Waals surface area contributed by atoms with E-state index in [4.69, 9.17) is 0 Å². The predicted octanol–water partition coefficient (Wildman–Crippen LogP) is 1.32. The third kappa shape index (κ3) is 2.89. The van der Waals surface area contributed by atoms with E-state index in [0.29, 0.717) is 12.2 Å². The van der Waals surface area contributed by atoms with E-state index in [0.717, 1.165) is 5.56 Å². The molecule has 1 heterocycles. The van der Waals surface area contributed by atoms with E-state index in [-0.39, 0.29) is 23.1 Å². The summed E-state index contributed by atoms with van der Waals surface area (Å²) in [6.45, 7) is 3.98. The summed E-state index contributed by atoms with van der Waals surface area (Å²) in [7, 11) is -3.00. The third-order valence-corrected chi connectivity index (χ3v) is 5.16. The second-order valence-corrected chi connectivity index (χ2v) is 7.21. The summed E-state index contributed by atoms with van der Waals surface area (Å²) in [5.74, 6) is -0.844. The Bertz CT molecular complexity index is 609. The molecule has 1 atom stereocenters. The molecular weight excluding hydrogens is 266 g/mol. The first kappa shape index (κ1) is 13.9. The van der Waals surface area contributed by atoms with Gasteiger partial charge in [0.1, 0.15) is 0 Å². The van der Waals surface area contributed by atoms with E-state index < -0.39 is 15.8 Å². The Morgan fingerprint density at radius 2 is 2.11 bits per heavy atom. The first-order chi connectivity index (χ1) is 8.80. The summed E-state index contributed by atoms with van der Waals surface area (Å²) < 4.78 is 23.1. The van der Waals surface area contributed by atoms with Crippen LogP contribution in [0.25, 0.3) is 0 Å². The zero-order chi connectivity index (χ0) is 14.2. The van der Waals surface area contributed by atoms with Gasteiger partial charge in [-0.3, -0.25) is 0 Å². The maximum absolute atomic E-state index is 11.6. The molecule has 1 unspecified atom stereocenters. The lowest BCUT2D eigenvalue weighted by atomic mass is 10.1. The number of sulfone groups is 1. The van der Waals surface area contributed by atoms with Crippen LogP contribution in [0.1, 0.15) is 22.8 Å². The lowest BCUT2D eigenvalue weighted by Crippen LogP contribution is -2.47. The highest BCUT2D eigenvalue weighted by Crippen LogP contribution is 2.26. The van der Waals surface area contributed by atoms with E-state index in [2.05, 4.69) is 0 Å². The van der Waals surface area contributed by atoms with Gasteiger partial charge in [0, 0.05) is 12.6 Å². The number of benzene rings is 1. The molecule has 6 heteroatoms. The molecule has 0 amide bonds. The molecule has 1 saturated heterocycles. The van der Waals surface area contributed by atoms with Crippen molar-refractivity contribution in [1.82, 2.24) is 0 Å². The van der Waals surface area contributed by atoms with Crippen molar-refractivity contribution in [1.29, 1.82) is 0 Å². The Morgan fingerprint density at radius 1 is 1.42 bits per heavy atom. The van der Waals surface area contributed by atoms with Gasteiger partial charge in [0.25, 0.3) is 0 Å².